The van der Waals surface area contributed by atoms with Crippen LogP contribution < -0.4 is 16.0 Å². The lowest BCUT2D eigenvalue weighted by molar-refractivity contribution is 0.294. The van der Waals surface area contributed by atoms with Crippen molar-refractivity contribution in [2.75, 3.05) is 50.9 Å². The third-order valence-corrected chi connectivity index (χ3v) is 9.91. The zero-order valence-corrected chi connectivity index (χ0v) is 26.4. The lowest BCUT2D eigenvalue weighted by Crippen LogP contribution is -2.37. The smallest absolute Gasteiger partial charge is 0.175 e. The van der Waals surface area contributed by atoms with Crippen LogP contribution in [-0.2, 0) is 12.8 Å². The summed E-state index contributed by atoms with van der Waals surface area (Å²) in [6.45, 7) is 8.02. The number of nitrogen functional groups attached to an aromatic ring is 1. The Labute approximate surface area is 260 Å². The quantitative estimate of drug-likeness (QED) is 0.310. The number of nitrogens with one attached hydrogen (secondary N) is 1. The predicted octanol–water partition coefficient (Wildman–Crippen LogP) is 6.78. The maximum Gasteiger partial charge on any atom is 0.175 e. The second-order valence-corrected chi connectivity index (χ2v) is 13.8. The molecular weight excluding hydrogens is 561 g/mol. The van der Waals surface area contributed by atoms with Crippen LogP contribution in [-0.4, -0.2) is 60.1 Å². The molecule has 1 saturated heterocycles. The molecule has 9 heteroatoms. The number of anilines is 2. The van der Waals surface area contributed by atoms with E-state index in [1.807, 2.05) is 0 Å². The van der Waals surface area contributed by atoms with Gasteiger partial charge in [-0.05, 0) is 107 Å². The molecule has 43 heavy (non-hydrogen) atoms. The highest BCUT2D eigenvalue weighted by Crippen LogP contribution is 2.49. The normalized spacial score (nSPS) is 20.6. The van der Waals surface area contributed by atoms with Gasteiger partial charge in [0.1, 0.15) is 22.9 Å². The summed E-state index contributed by atoms with van der Waals surface area (Å²) >= 11 is 6.73. The third kappa shape index (κ3) is 6.75. The van der Waals surface area contributed by atoms with Crippen molar-refractivity contribution in [2.24, 2.45) is 11.3 Å². The van der Waals surface area contributed by atoms with Crippen molar-refractivity contribution in [2.45, 2.75) is 70.6 Å². The Kier molecular flexibility index (Phi) is 8.79. The standard InChI is InChI=1S/C34H45ClFN7/c1-22-7-4-5-9-25-26(17-24(37)18-28(25)35)31-30(36)32-27(19-39-31)33(43-16-6-8-23(20-43)11-15-38-22)41-29(40-32)10-12-34(13-14-34)21-42(2)3/h17-19,23,38H,1,4-16,20-21,37H2,2-3H3. The van der Waals surface area contributed by atoms with Gasteiger partial charge in [0.05, 0.1) is 5.39 Å². The molecule has 1 saturated carbocycles. The molecule has 6 bridgehead atoms. The van der Waals surface area contributed by atoms with E-state index in [9.17, 15) is 0 Å². The summed E-state index contributed by atoms with van der Waals surface area (Å²) in [7, 11) is 4.26. The Morgan fingerprint density at radius 3 is 2.77 bits per heavy atom. The summed E-state index contributed by atoms with van der Waals surface area (Å²) in [6.07, 6.45) is 12.7. The molecule has 2 aromatic heterocycles. The van der Waals surface area contributed by atoms with Gasteiger partial charge >= 0.3 is 0 Å². The van der Waals surface area contributed by atoms with Crippen molar-refractivity contribution in [1.29, 1.82) is 0 Å². The van der Waals surface area contributed by atoms with Gasteiger partial charge < -0.3 is 20.9 Å². The summed E-state index contributed by atoms with van der Waals surface area (Å²) < 4.78 is 16.7. The van der Waals surface area contributed by atoms with E-state index in [4.69, 9.17) is 32.3 Å². The predicted molar refractivity (Wildman–Crippen MR) is 175 cm³/mol. The summed E-state index contributed by atoms with van der Waals surface area (Å²) in [5.41, 5.74) is 10.2. The highest BCUT2D eigenvalue weighted by molar-refractivity contribution is 6.32. The van der Waals surface area contributed by atoms with Crippen LogP contribution in [0.5, 0.6) is 0 Å². The number of halogens is 2. The molecular formula is C34H45ClFN7. The molecule has 0 amide bonds. The fourth-order valence-corrected chi connectivity index (χ4v) is 7.46. The monoisotopic (exact) mass is 605 g/mol. The van der Waals surface area contributed by atoms with Crippen LogP contribution in [0.25, 0.3) is 22.2 Å². The van der Waals surface area contributed by atoms with Crippen molar-refractivity contribution < 1.29 is 4.39 Å². The first-order valence-electron chi connectivity index (χ1n) is 16.0. The number of hydrogen-bond donors (Lipinski definition) is 2. The molecule has 3 N–H and O–H groups in total. The van der Waals surface area contributed by atoms with Gasteiger partial charge in [-0.15, -0.1) is 0 Å². The Morgan fingerprint density at radius 2 is 1.98 bits per heavy atom. The summed E-state index contributed by atoms with van der Waals surface area (Å²) in [6, 6.07) is 3.55. The van der Waals surface area contributed by atoms with Crippen LogP contribution in [0.4, 0.5) is 15.9 Å². The molecule has 1 aliphatic carbocycles. The van der Waals surface area contributed by atoms with Gasteiger partial charge in [-0.3, -0.25) is 4.98 Å². The topological polar surface area (TPSA) is 83.2 Å². The number of allylic oxidation sites excluding steroid dienone is 1. The van der Waals surface area contributed by atoms with Crippen molar-refractivity contribution in [3.63, 3.8) is 0 Å². The minimum atomic E-state index is -0.424. The first-order chi connectivity index (χ1) is 20.7. The molecule has 0 spiro atoms. The van der Waals surface area contributed by atoms with E-state index in [2.05, 4.69) is 35.8 Å². The molecule has 7 nitrogen and oxygen atoms in total. The highest BCUT2D eigenvalue weighted by atomic mass is 35.5. The summed E-state index contributed by atoms with van der Waals surface area (Å²) in [5, 5.41) is 4.78. The zero-order chi connectivity index (χ0) is 30.1. The van der Waals surface area contributed by atoms with Crippen LogP contribution in [0.3, 0.4) is 0 Å². The number of pyridine rings is 1. The van der Waals surface area contributed by atoms with Gasteiger partial charge in [0.15, 0.2) is 5.82 Å². The molecule has 1 atom stereocenters. The van der Waals surface area contributed by atoms with Crippen molar-refractivity contribution in [3.8, 4) is 11.3 Å². The van der Waals surface area contributed by atoms with Crippen molar-refractivity contribution in [1.82, 2.24) is 25.2 Å². The summed E-state index contributed by atoms with van der Waals surface area (Å²) in [5.74, 6) is 1.63. The van der Waals surface area contributed by atoms with Gasteiger partial charge in [0.2, 0.25) is 0 Å². The first kappa shape index (κ1) is 30.1. The van der Waals surface area contributed by atoms with Gasteiger partial charge in [-0.2, -0.15) is 0 Å². The maximum absolute atomic E-state index is 16.7. The minimum absolute atomic E-state index is 0.252. The molecule has 3 aliphatic heterocycles. The largest absolute Gasteiger partial charge is 0.399 e. The number of hydrogen-bond acceptors (Lipinski definition) is 7. The fourth-order valence-electron chi connectivity index (χ4n) is 7.14. The second kappa shape index (κ2) is 12.6. The van der Waals surface area contributed by atoms with E-state index in [0.717, 1.165) is 88.2 Å². The zero-order valence-electron chi connectivity index (χ0n) is 25.7. The fraction of sp³-hybridized carbons (Fsp3) is 0.559. The Balaban J connectivity index is 1.46. The third-order valence-electron chi connectivity index (χ3n) is 9.57. The molecule has 2 fully saturated rings. The number of benzene rings is 1. The second-order valence-electron chi connectivity index (χ2n) is 13.4. The van der Waals surface area contributed by atoms with Gasteiger partial charge in [-0.25, -0.2) is 14.4 Å². The SMILES string of the molecule is C=C1CCCCc2c(Cl)cc(N)cc2-c2ncc3c(nc(CCC4(CN(C)C)CC4)nc3c2F)N2CCCC(CCN1)C2. The molecule has 0 radical (unpaired) electrons. The van der Waals surface area contributed by atoms with Crippen LogP contribution in [0.1, 0.15) is 69.2 Å². The Bertz CT molecular complexity index is 1500. The van der Waals surface area contributed by atoms with Crippen LogP contribution in [0.15, 0.2) is 30.6 Å². The lowest BCUT2D eigenvalue weighted by Gasteiger charge is -2.34. The van der Waals surface area contributed by atoms with E-state index in [-0.39, 0.29) is 5.69 Å². The van der Waals surface area contributed by atoms with Gasteiger partial charge in [0, 0.05) is 60.8 Å². The van der Waals surface area contributed by atoms with Crippen LogP contribution >= 0.6 is 11.6 Å². The average Bonchev–Trinajstić information content (AvgIpc) is 3.73. The number of aryl methyl sites for hydroxylation is 1. The Morgan fingerprint density at radius 1 is 1.16 bits per heavy atom. The molecule has 1 aromatic carbocycles. The number of piperidine rings is 1. The Hall–Kier alpha value is -2.97. The lowest BCUT2D eigenvalue weighted by atomic mass is 9.94. The number of aromatic nitrogens is 3. The van der Waals surface area contributed by atoms with Crippen molar-refractivity contribution >= 4 is 34.0 Å². The number of fused-ring (bicyclic) bond motifs is 8. The van der Waals surface area contributed by atoms with Gasteiger partial charge in [0.25, 0.3) is 0 Å². The van der Waals surface area contributed by atoms with Crippen LogP contribution in [0.2, 0.25) is 5.02 Å². The summed E-state index contributed by atoms with van der Waals surface area (Å²) in [4.78, 5) is 19.4. The van der Waals surface area contributed by atoms with E-state index in [1.165, 1.54) is 19.3 Å². The maximum atomic E-state index is 16.7. The van der Waals surface area contributed by atoms with Crippen LogP contribution in [0, 0.1) is 17.2 Å². The molecule has 230 valence electrons. The number of nitrogens with zero attached hydrogens (tertiary/aromatic N) is 5. The number of nitrogens with two attached hydrogens (primary N) is 1. The van der Waals surface area contributed by atoms with E-state index in [1.54, 1.807) is 18.3 Å². The first-order valence-corrected chi connectivity index (χ1v) is 16.3. The van der Waals surface area contributed by atoms with E-state index in [0.29, 0.717) is 50.8 Å². The minimum Gasteiger partial charge on any atom is -0.399 e. The van der Waals surface area contributed by atoms with E-state index < -0.39 is 5.82 Å². The number of rotatable bonds is 5. The van der Waals surface area contributed by atoms with Gasteiger partial charge in [-0.1, -0.05) is 18.2 Å². The molecule has 3 aromatic rings. The molecule has 4 aliphatic rings. The average molecular weight is 606 g/mol. The molecule has 5 heterocycles. The van der Waals surface area contributed by atoms with Crippen molar-refractivity contribution in [3.05, 3.63) is 52.8 Å². The highest BCUT2D eigenvalue weighted by Gasteiger charge is 2.42. The molecule has 7 rings (SSSR count). The molecule has 1 unspecified atom stereocenters. The van der Waals surface area contributed by atoms with E-state index >= 15 is 4.39 Å².